The lowest BCUT2D eigenvalue weighted by molar-refractivity contribution is 0.0888. The fourth-order valence-corrected chi connectivity index (χ4v) is 3.60. The molecule has 0 saturated heterocycles. The SMILES string of the molecule is Cc1cc(C(C)(C)c2ccc(OC[C@@H](O)Cn3cc(C[18F])nn3)cc2)ccc1OC[C@H](O)CCl. The molecule has 7 nitrogen and oxygen atoms in total. The van der Waals surface area contributed by atoms with Crippen molar-refractivity contribution < 1.29 is 24.1 Å². The van der Waals surface area contributed by atoms with Gasteiger partial charge in [-0.3, -0.25) is 0 Å². The number of halogens is 2. The molecule has 34 heavy (non-hydrogen) atoms. The normalized spacial score (nSPS) is 13.5. The van der Waals surface area contributed by atoms with Crippen molar-refractivity contribution in [1.29, 1.82) is 0 Å². The van der Waals surface area contributed by atoms with Crippen molar-refractivity contribution in [3.05, 3.63) is 71.0 Å². The van der Waals surface area contributed by atoms with Gasteiger partial charge in [-0.2, -0.15) is 0 Å². The third-order valence-corrected chi connectivity index (χ3v) is 6.00. The number of hydrogen-bond acceptors (Lipinski definition) is 6. The van der Waals surface area contributed by atoms with E-state index in [2.05, 4.69) is 30.2 Å². The fraction of sp³-hybridized carbons (Fsp3) is 0.440. The monoisotopic (exact) mass is 490 g/mol. The first kappa shape index (κ1) is 25.9. The number of aryl methyl sites for hydroxylation is 1. The van der Waals surface area contributed by atoms with E-state index in [1.54, 1.807) is 0 Å². The molecule has 0 amide bonds. The molecule has 0 radical (unpaired) electrons. The number of aromatic nitrogens is 3. The largest absolute Gasteiger partial charge is 0.491 e. The molecular formula is C25H31ClFN3O4. The number of rotatable bonds is 12. The Bertz CT molecular complexity index is 1060. The Hall–Kier alpha value is -2.68. The van der Waals surface area contributed by atoms with Gasteiger partial charge in [0.1, 0.15) is 49.3 Å². The summed E-state index contributed by atoms with van der Waals surface area (Å²) in [4.78, 5) is 0. The Kier molecular flexibility index (Phi) is 8.88. The number of benzene rings is 2. The standard InChI is InChI=1S/C25H31ClFN3O4/c1-17-10-19(6-9-24(17)34-15-21(31)11-26)25(2,3)18-4-7-23(8-5-18)33-16-22(32)14-30-13-20(12-27)28-29-30/h4-10,13,21-22,31-32H,11-12,14-16H2,1-3H3/t21-,22+/m1/s1/i27-1. The minimum Gasteiger partial charge on any atom is -0.491 e. The highest BCUT2D eigenvalue weighted by Gasteiger charge is 2.24. The van der Waals surface area contributed by atoms with E-state index in [9.17, 15) is 14.6 Å². The van der Waals surface area contributed by atoms with Crippen LogP contribution in [0.2, 0.25) is 0 Å². The predicted molar refractivity (Wildman–Crippen MR) is 128 cm³/mol. The first-order chi connectivity index (χ1) is 16.2. The summed E-state index contributed by atoms with van der Waals surface area (Å²) in [5.74, 6) is 1.49. The third-order valence-electron chi connectivity index (χ3n) is 5.65. The van der Waals surface area contributed by atoms with Gasteiger partial charge in [-0.25, -0.2) is 9.07 Å². The van der Waals surface area contributed by atoms with Crippen molar-refractivity contribution >= 4 is 11.6 Å². The van der Waals surface area contributed by atoms with E-state index >= 15 is 0 Å². The highest BCUT2D eigenvalue weighted by atomic mass is 35.5. The van der Waals surface area contributed by atoms with Gasteiger partial charge in [-0.05, 0) is 41.8 Å². The zero-order valence-electron chi connectivity index (χ0n) is 19.6. The van der Waals surface area contributed by atoms with E-state index in [0.717, 1.165) is 22.4 Å². The highest BCUT2D eigenvalue weighted by molar-refractivity contribution is 6.18. The van der Waals surface area contributed by atoms with Crippen LogP contribution in [0, 0.1) is 6.92 Å². The topological polar surface area (TPSA) is 89.6 Å². The molecule has 2 atom stereocenters. The van der Waals surface area contributed by atoms with Crippen molar-refractivity contribution in [3.63, 3.8) is 0 Å². The molecule has 2 aromatic carbocycles. The maximum atomic E-state index is 12.6. The van der Waals surface area contributed by atoms with Crippen molar-refractivity contribution in [1.82, 2.24) is 15.0 Å². The van der Waals surface area contributed by atoms with Crippen LogP contribution in [-0.2, 0) is 18.6 Å². The first-order valence-corrected chi connectivity index (χ1v) is 11.6. The van der Waals surface area contributed by atoms with Crippen molar-refractivity contribution in [3.8, 4) is 11.5 Å². The molecule has 0 fully saturated rings. The maximum absolute atomic E-state index is 12.6. The van der Waals surface area contributed by atoms with Gasteiger partial charge in [0.15, 0.2) is 0 Å². The Balaban J connectivity index is 1.59. The minimum absolute atomic E-state index is 0.0760. The van der Waals surface area contributed by atoms with Gasteiger partial charge in [0.2, 0.25) is 0 Å². The van der Waals surface area contributed by atoms with Gasteiger partial charge in [0.25, 0.3) is 0 Å². The molecule has 0 spiro atoms. The van der Waals surface area contributed by atoms with E-state index in [1.807, 2.05) is 43.3 Å². The lowest BCUT2D eigenvalue weighted by Gasteiger charge is -2.27. The number of aliphatic hydroxyl groups is 2. The van der Waals surface area contributed by atoms with Crippen LogP contribution in [0.15, 0.2) is 48.7 Å². The molecule has 0 bridgehead atoms. The van der Waals surface area contributed by atoms with Gasteiger partial charge in [0, 0.05) is 5.41 Å². The zero-order chi connectivity index (χ0) is 24.7. The summed E-state index contributed by atoms with van der Waals surface area (Å²) in [6, 6.07) is 13.8. The van der Waals surface area contributed by atoms with Crippen LogP contribution in [0.1, 0.15) is 36.2 Å². The summed E-state index contributed by atoms with van der Waals surface area (Å²) in [6.45, 7) is 5.97. The number of aliphatic hydroxyl groups excluding tert-OH is 2. The molecule has 184 valence electrons. The lowest BCUT2D eigenvalue weighted by atomic mass is 9.77. The average molecular weight is 491 g/mol. The molecule has 3 aromatic rings. The van der Waals surface area contributed by atoms with Gasteiger partial charge >= 0.3 is 0 Å². The Morgan fingerprint density at radius 2 is 1.71 bits per heavy atom. The minimum atomic E-state index is -0.806. The molecule has 0 aliphatic heterocycles. The van der Waals surface area contributed by atoms with E-state index in [1.165, 1.54) is 10.9 Å². The summed E-state index contributed by atoms with van der Waals surface area (Å²) in [6.07, 6.45) is -0.0423. The molecule has 0 aliphatic rings. The van der Waals surface area contributed by atoms with Gasteiger partial charge < -0.3 is 19.7 Å². The lowest BCUT2D eigenvalue weighted by Crippen LogP contribution is -2.24. The zero-order valence-corrected chi connectivity index (χ0v) is 20.4. The van der Waals surface area contributed by atoms with Crippen LogP contribution in [0.25, 0.3) is 0 Å². The molecule has 0 unspecified atom stereocenters. The summed E-state index contributed by atoms with van der Waals surface area (Å²) >= 11 is 5.63. The van der Waals surface area contributed by atoms with E-state index in [0.29, 0.717) is 5.75 Å². The molecule has 1 aromatic heterocycles. The molecule has 0 aliphatic carbocycles. The second-order valence-corrected chi connectivity index (χ2v) is 9.09. The Morgan fingerprint density at radius 3 is 2.32 bits per heavy atom. The van der Waals surface area contributed by atoms with Crippen LogP contribution in [0.4, 0.5) is 4.39 Å². The van der Waals surface area contributed by atoms with E-state index < -0.39 is 18.9 Å². The van der Waals surface area contributed by atoms with Crippen molar-refractivity contribution in [2.24, 2.45) is 0 Å². The van der Waals surface area contributed by atoms with E-state index in [4.69, 9.17) is 21.1 Å². The van der Waals surface area contributed by atoms with Crippen LogP contribution in [-0.4, -0.2) is 56.5 Å². The predicted octanol–water partition coefficient (Wildman–Crippen LogP) is 3.80. The quantitative estimate of drug-likeness (QED) is 0.375. The van der Waals surface area contributed by atoms with Gasteiger partial charge in [0.05, 0.1) is 18.6 Å². The van der Waals surface area contributed by atoms with Crippen LogP contribution >= 0.6 is 11.6 Å². The number of ether oxygens (including phenoxy) is 2. The van der Waals surface area contributed by atoms with Gasteiger partial charge in [-0.15, -0.1) is 16.7 Å². The summed E-state index contributed by atoms with van der Waals surface area (Å²) in [5.41, 5.74) is 3.17. The Morgan fingerprint density at radius 1 is 1.03 bits per heavy atom. The molecule has 3 rings (SSSR count). The highest BCUT2D eigenvalue weighted by Crippen LogP contribution is 2.34. The number of nitrogens with zero attached hydrogens (tertiary/aromatic N) is 3. The molecule has 2 N–H and O–H groups in total. The number of alkyl halides is 2. The van der Waals surface area contributed by atoms with Crippen molar-refractivity contribution in [2.45, 2.75) is 51.6 Å². The average Bonchev–Trinajstić information content (AvgIpc) is 3.29. The van der Waals surface area contributed by atoms with Crippen LogP contribution < -0.4 is 9.47 Å². The summed E-state index contributed by atoms with van der Waals surface area (Å²) in [7, 11) is 0. The van der Waals surface area contributed by atoms with Crippen LogP contribution in [0.3, 0.4) is 0 Å². The Labute approximate surface area is 204 Å². The molecular weight excluding hydrogens is 460 g/mol. The molecule has 1 heterocycles. The summed E-state index contributed by atoms with van der Waals surface area (Å²) < 4.78 is 25.3. The first-order valence-electron chi connectivity index (χ1n) is 11.1. The smallest absolute Gasteiger partial charge is 0.135 e. The maximum Gasteiger partial charge on any atom is 0.135 e. The van der Waals surface area contributed by atoms with Gasteiger partial charge in [-0.1, -0.05) is 43.3 Å². The molecule has 9 heteroatoms. The van der Waals surface area contributed by atoms with Crippen molar-refractivity contribution in [2.75, 3.05) is 19.1 Å². The van der Waals surface area contributed by atoms with Crippen LogP contribution in [0.5, 0.6) is 11.5 Å². The number of hydrogen-bond donors (Lipinski definition) is 2. The second kappa shape index (κ2) is 11.6. The second-order valence-electron chi connectivity index (χ2n) is 8.78. The van der Waals surface area contributed by atoms with E-state index in [-0.39, 0.29) is 36.7 Å². The molecule has 0 saturated carbocycles. The fourth-order valence-electron chi connectivity index (χ4n) is 3.52. The third kappa shape index (κ3) is 6.68. The summed E-state index contributed by atoms with van der Waals surface area (Å²) in [5, 5.41) is 27.2.